The topological polar surface area (TPSA) is 29.1 Å². The van der Waals surface area contributed by atoms with Crippen molar-refractivity contribution in [2.24, 2.45) is 0 Å². The first-order chi connectivity index (χ1) is 9.84. The van der Waals surface area contributed by atoms with Crippen molar-refractivity contribution in [2.75, 3.05) is 0 Å². The van der Waals surface area contributed by atoms with Gasteiger partial charge in [0, 0.05) is 5.56 Å². The van der Waals surface area contributed by atoms with E-state index in [1.165, 1.54) is 20.8 Å². The van der Waals surface area contributed by atoms with E-state index >= 15 is 0 Å². The highest BCUT2D eigenvalue weighted by Gasteiger charge is 2.34. The molecule has 0 saturated heterocycles. The van der Waals surface area contributed by atoms with Gasteiger partial charge in [-0.3, -0.25) is 0 Å². The molecule has 0 amide bonds. The summed E-state index contributed by atoms with van der Waals surface area (Å²) in [4.78, 5) is 0. The quantitative estimate of drug-likeness (QED) is 0.813. The van der Waals surface area contributed by atoms with Gasteiger partial charge in [0.05, 0.1) is 21.3 Å². The molecule has 0 spiro atoms. The van der Waals surface area contributed by atoms with Crippen LogP contribution in [0.1, 0.15) is 37.9 Å². The summed E-state index contributed by atoms with van der Waals surface area (Å²) in [5.41, 5.74) is -1.95. The molecule has 0 aliphatic heterocycles. The summed E-state index contributed by atoms with van der Waals surface area (Å²) in [7, 11) is -1.94. The lowest BCUT2D eigenvalue weighted by atomic mass is 10.0. The third-order valence-electron chi connectivity index (χ3n) is 2.71. The van der Waals surface area contributed by atoms with Gasteiger partial charge in [-0.05, 0) is 32.9 Å². The summed E-state index contributed by atoms with van der Waals surface area (Å²) < 4.78 is 90.3. The lowest BCUT2D eigenvalue weighted by Gasteiger charge is -2.24. The largest absolute Gasteiger partial charge is 0.416 e. The zero-order chi connectivity index (χ0) is 17.3. The van der Waals surface area contributed by atoms with Gasteiger partial charge in [-0.25, -0.2) is 22.1 Å². The lowest BCUT2D eigenvalue weighted by Crippen LogP contribution is -2.38. The predicted molar refractivity (Wildman–Crippen MR) is 71.2 cm³/mol. The first kappa shape index (κ1) is 19.0. The molecule has 2 nitrogen and oxygen atoms in total. The Kier molecular flexibility index (Phi) is 5.66. The smallest absolute Gasteiger partial charge is 0.242 e. The number of alkyl halides is 5. The van der Waals surface area contributed by atoms with Gasteiger partial charge in [-0.1, -0.05) is 6.07 Å². The zero-order valence-electron chi connectivity index (χ0n) is 12.0. The highest BCUT2D eigenvalue weighted by atomic mass is 32.2. The maximum Gasteiger partial charge on any atom is 0.416 e. The molecule has 0 radical (unpaired) electrons. The minimum Gasteiger partial charge on any atom is -0.242 e. The van der Waals surface area contributed by atoms with Gasteiger partial charge < -0.3 is 0 Å². The maximum absolute atomic E-state index is 13.8. The number of halogens is 6. The van der Waals surface area contributed by atoms with E-state index in [-0.39, 0.29) is 6.07 Å². The molecule has 2 atom stereocenters. The molecule has 0 fully saturated rings. The van der Waals surface area contributed by atoms with Crippen molar-refractivity contribution in [1.29, 1.82) is 0 Å². The Morgan fingerprint density at radius 2 is 1.68 bits per heavy atom. The van der Waals surface area contributed by atoms with E-state index in [1.807, 2.05) is 0 Å². The fourth-order valence-electron chi connectivity index (χ4n) is 1.50. The van der Waals surface area contributed by atoms with Crippen LogP contribution in [0.2, 0.25) is 0 Å². The van der Waals surface area contributed by atoms with Gasteiger partial charge >= 0.3 is 6.18 Å². The summed E-state index contributed by atoms with van der Waals surface area (Å²) in [6, 6.07) is -0.689. The molecule has 1 aromatic carbocycles. The highest BCUT2D eigenvalue weighted by molar-refractivity contribution is 7.84. The number of benzene rings is 1. The SMILES string of the molecule is CC(C)(C)[S@@](=O)N[C@@H](c1ccc(C(F)(F)F)cc1F)C(F)F. The molecule has 1 N–H and O–H groups in total. The molecule has 0 heterocycles. The first-order valence-electron chi connectivity index (χ1n) is 6.17. The molecule has 22 heavy (non-hydrogen) atoms. The average molecular weight is 347 g/mol. The minimum absolute atomic E-state index is 0.145. The van der Waals surface area contributed by atoms with Crippen LogP contribution < -0.4 is 4.72 Å². The molecule has 0 bridgehead atoms. The second-order valence-corrected chi connectivity index (χ2v) is 7.54. The van der Waals surface area contributed by atoms with E-state index in [0.717, 1.165) is 0 Å². The number of rotatable bonds is 4. The zero-order valence-corrected chi connectivity index (χ0v) is 12.8. The van der Waals surface area contributed by atoms with Crippen molar-refractivity contribution in [2.45, 2.75) is 44.2 Å². The molecule has 0 unspecified atom stereocenters. The Bertz CT molecular complexity index is 552. The fourth-order valence-corrected chi connectivity index (χ4v) is 2.31. The van der Waals surface area contributed by atoms with Gasteiger partial charge in [0.15, 0.2) is 0 Å². The van der Waals surface area contributed by atoms with Crippen LogP contribution in [0.25, 0.3) is 0 Å². The van der Waals surface area contributed by atoms with Crippen molar-refractivity contribution < 1.29 is 30.6 Å². The van der Waals surface area contributed by atoms with Crippen molar-refractivity contribution in [3.63, 3.8) is 0 Å². The van der Waals surface area contributed by atoms with Gasteiger partial charge in [0.1, 0.15) is 11.9 Å². The van der Waals surface area contributed by atoms with E-state index < -0.39 is 51.3 Å². The van der Waals surface area contributed by atoms with Crippen LogP contribution >= 0.6 is 0 Å². The van der Waals surface area contributed by atoms with Gasteiger partial charge in [0.25, 0.3) is 6.43 Å². The Labute approximate surface area is 126 Å². The number of hydrogen-bond acceptors (Lipinski definition) is 1. The Morgan fingerprint density at radius 1 is 1.14 bits per heavy atom. The normalized spacial score (nSPS) is 15.9. The fraction of sp³-hybridized carbons (Fsp3) is 0.538. The van der Waals surface area contributed by atoms with Gasteiger partial charge in [-0.15, -0.1) is 0 Å². The van der Waals surface area contributed by atoms with Crippen molar-refractivity contribution in [1.82, 2.24) is 4.72 Å². The van der Waals surface area contributed by atoms with Crippen LogP contribution in [0.3, 0.4) is 0 Å². The molecule has 1 rings (SSSR count). The Balaban J connectivity index is 3.16. The lowest BCUT2D eigenvalue weighted by molar-refractivity contribution is -0.137. The van der Waals surface area contributed by atoms with Crippen LogP contribution in [0.15, 0.2) is 18.2 Å². The maximum atomic E-state index is 13.8. The predicted octanol–water partition coefficient (Wildman–Crippen LogP) is 4.20. The van der Waals surface area contributed by atoms with Crippen LogP contribution in [0.4, 0.5) is 26.3 Å². The molecule has 126 valence electrons. The van der Waals surface area contributed by atoms with Crippen molar-refractivity contribution in [3.05, 3.63) is 35.1 Å². The van der Waals surface area contributed by atoms with E-state index in [2.05, 4.69) is 4.72 Å². The number of hydrogen-bond donors (Lipinski definition) is 1. The molecule has 0 aliphatic carbocycles. The second-order valence-electron chi connectivity index (χ2n) is 5.55. The van der Waals surface area contributed by atoms with E-state index in [4.69, 9.17) is 0 Å². The molecular weight excluding hydrogens is 332 g/mol. The summed E-state index contributed by atoms with van der Waals surface area (Å²) >= 11 is 0. The number of nitrogens with one attached hydrogen (secondary N) is 1. The molecule has 0 aliphatic rings. The second kappa shape index (κ2) is 6.57. The highest BCUT2D eigenvalue weighted by Crippen LogP contribution is 2.33. The van der Waals surface area contributed by atoms with Crippen molar-refractivity contribution in [3.8, 4) is 0 Å². The minimum atomic E-state index is -4.78. The third-order valence-corrected chi connectivity index (χ3v) is 4.29. The molecule has 0 aromatic heterocycles. The first-order valence-corrected chi connectivity index (χ1v) is 7.32. The Hall–Kier alpha value is -1.09. The average Bonchev–Trinajstić information content (AvgIpc) is 2.33. The van der Waals surface area contributed by atoms with Gasteiger partial charge in [-0.2, -0.15) is 13.2 Å². The summed E-state index contributed by atoms with van der Waals surface area (Å²) in [6.45, 7) is 4.55. The summed E-state index contributed by atoms with van der Waals surface area (Å²) in [5, 5.41) is 0. The van der Waals surface area contributed by atoms with Crippen molar-refractivity contribution >= 4 is 11.0 Å². The Morgan fingerprint density at radius 3 is 2.05 bits per heavy atom. The molecule has 9 heteroatoms. The monoisotopic (exact) mass is 347 g/mol. The standard InChI is InChI=1S/C13H15F6NOS/c1-12(2,3)22(21)20-10(11(15)16)8-5-4-7(6-9(8)14)13(17,18)19/h4-6,10-11,20H,1-3H3/t10-,22+/m0/s1. The third kappa shape index (κ3) is 4.70. The van der Waals surface area contributed by atoms with Crippen LogP contribution in [0, 0.1) is 5.82 Å². The van der Waals surface area contributed by atoms with E-state index in [0.29, 0.717) is 12.1 Å². The van der Waals surface area contributed by atoms with Crippen LogP contribution in [0.5, 0.6) is 0 Å². The van der Waals surface area contributed by atoms with E-state index in [1.54, 1.807) is 0 Å². The molecule has 1 aromatic rings. The molecule has 0 saturated carbocycles. The summed E-state index contributed by atoms with van der Waals surface area (Å²) in [5.74, 6) is -1.43. The van der Waals surface area contributed by atoms with Gasteiger partial charge in [0.2, 0.25) is 0 Å². The molecular formula is C13H15F6NOS. The van der Waals surface area contributed by atoms with E-state index in [9.17, 15) is 30.6 Å². The summed E-state index contributed by atoms with van der Waals surface area (Å²) in [6.07, 6.45) is -7.92. The van der Waals surface area contributed by atoms with Crippen LogP contribution in [-0.2, 0) is 17.2 Å². The van der Waals surface area contributed by atoms with Crippen LogP contribution in [-0.4, -0.2) is 15.4 Å².